The lowest BCUT2D eigenvalue weighted by molar-refractivity contribution is -0.141. The first-order valence-electron chi connectivity index (χ1n) is 27.6. The molecule has 4 aromatic carbocycles. The van der Waals surface area contributed by atoms with E-state index in [2.05, 4.69) is 4.90 Å². The second kappa shape index (κ2) is 26.8. The molecule has 5 aliphatic rings. The Labute approximate surface area is 501 Å². The summed E-state index contributed by atoms with van der Waals surface area (Å²) in [5.41, 5.74) is -0.899. The van der Waals surface area contributed by atoms with Crippen molar-refractivity contribution < 1.29 is 68.2 Å². The number of likely N-dealkylation sites (tertiary alicyclic amines) is 4. The zero-order chi connectivity index (χ0) is 61.2. The second-order valence-corrected chi connectivity index (χ2v) is 24.0. The van der Waals surface area contributed by atoms with E-state index >= 15 is 0 Å². The lowest BCUT2D eigenvalue weighted by Gasteiger charge is -2.33. The van der Waals surface area contributed by atoms with Crippen LogP contribution in [0.3, 0.4) is 0 Å². The Hall–Kier alpha value is -5.19. The van der Waals surface area contributed by atoms with Gasteiger partial charge in [0.25, 0.3) is 11.8 Å². The number of hydrogen-bond acceptors (Lipinski definition) is 8. The molecule has 1 aliphatic carbocycles. The summed E-state index contributed by atoms with van der Waals surface area (Å²) in [7, 11) is 5.30. The van der Waals surface area contributed by atoms with Crippen LogP contribution in [0.2, 0.25) is 20.1 Å². The molecule has 5 fully saturated rings. The van der Waals surface area contributed by atoms with Crippen LogP contribution in [0.4, 0.5) is 39.5 Å². The fourth-order valence-corrected chi connectivity index (χ4v) is 12.5. The Balaban J connectivity index is 0.000000219. The van der Waals surface area contributed by atoms with Crippen molar-refractivity contribution in [3.05, 3.63) is 126 Å². The van der Waals surface area contributed by atoms with Crippen molar-refractivity contribution in [3.63, 3.8) is 0 Å². The summed E-state index contributed by atoms with van der Waals surface area (Å²) in [5.74, 6) is -2.53. The van der Waals surface area contributed by atoms with E-state index in [4.69, 9.17) is 55.9 Å². The SMILES string of the molecule is COc1ccc(C(=O)N(C)C2CN(C(=O)C3CCN(CC4CC4)CC3)CC2c2ccc(Cl)c(Cl)c2)cc1C(F)(F)F.COc1ccc(C(=O)N(C)C2CN(C(=O)C3CCN(CCC(F)(F)F)CC3)CC2c2ccc(Cl)c(Cl)c2)cc1C(F)(F)F. The Bertz CT molecular complexity index is 3030. The Morgan fingerprint density at radius 3 is 1.26 bits per heavy atom. The summed E-state index contributed by atoms with van der Waals surface area (Å²) in [6, 6.07) is 15.5. The predicted molar refractivity (Wildman–Crippen MR) is 301 cm³/mol. The minimum absolute atomic E-state index is 0.0632. The zero-order valence-corrected chi connectivity index (χ0v) is 49.6. The van der Waals surface area contributed by atoms with Gasteiger partial charge >= 0.3 is 18.5 Å². The van der Waals surface area contributed by atoms with Gasteiger partial charge in [-0.1, -0.05) is 58.5 Å². The molecule has 4 heterocycles. The molecule has 4 unspecified atom stereocenters. The van der Waals surface area contributed by atoms with Gasteiger partial charge in [-0.05, 0) is 142 Å². The minimum Gasteiger partial charge on any atom is -0.496 e. The van der Waals surface area contributed by atoms with Crippen molar-refractivity contribution in [2.45, 2.75) is 87.4 Å². The average Bonchev–Trinajstić information content (AvgIpc) is 3.05. The molecular weight excluding hydrogens is 1200 g/mol. The number of ether oxygens (including phenoxy) is 2. The van der Waals surface area contributed by atoms with Gasteiger partial charge in [-0.2, -0.15) is 39.5 Å². The minimum atomic E-state index is -4.75. The van der Waals surface area contributed by atoms with Crippen LogP contribution in [0.15, 0.2) is 72.8 Å². The molecular formula is C59H65Cl4F9N6O6. The summed E-state index contributed by atoms with van der Waals surface area (Å²) in [5, 5.41) is 1.33. The molecule has 4 amide bonds. The lowest BCUT2D eigenvalue weighted by Crippen LogP contribution is -2.44. The van der Waals surface area contributed by atoms with Crippen LogP contribution in [0.25, 0.3) is 0 Å². The third kappa shape index (κ3) is 15.7. The number of nitrogens with zero attached hydrogens (tertiary/aromatic N) is 6. The molecule has 0 bridgehead atoms. The third-order valence-corrected chi connectivity index (χ3v) is 18.4. The zero-order valence-electron chi connectivity index (χ0n) is 46.5. The van der Waals surface area contributed by atoms with Gasteiger partial charge in [0, 0.05) is 88.2 Å². The van der Waals surface area contributed by atoms with Crippen molar-refractivity contribution in [2.24, 2.45) is 17.8 Å². The predicted octanol–water partition coefficient (Wildman–Crippen LogP) is 13.0. The van der Waals surface area contributed by atoms with Crippen LogP contribution < -0.4 is 9.47 Å². The molecule has 4 atom stereocenters. The maximum Gasteiger partial charge on any atom is 0.419 e. The van der Waals surface area contributed by atoms with Gasteiger partial charge in [-0.15, -0.1) is 0 Å². The largest absolute Gasteiger partial charge is 0.496 e. The number of piperidine rings is 2. The van der Waals surface area contributed by atoms with Gasteiger partial charge in [-0.25, -0.2) is 0 Å². The highest BCUT2D eigenvalue weighted by Gasteiger charge is 2.46. The van der Waals surface area contributed by atoms with Crippen LogP contribution >= 0.6 is 46.4 Å². The first kappa shape index (κ1) is 64.8. The van der Waals surface area contributed by atoms with E-state index in [-0.39, 0.29) is 71.7 Å². The topological polar surface area (TPSA) is 106 Å². The van der Waals surface area contributed by atoms with Crippen molar-refractivity contribution in [2.75, 3.05) is 93.8 Å². The van der Waals surface area contributed by atoms with E-state index < -0.39 is 77.6 Å². The van der Waals surface area contributed by atoms with E-state index in [1.54, 1.807) is 52.1 Å². The number of amides is 4. The molecule has 4 saturated heterocycles. The molecule has 25 heteroatoms. The number of methoxy groups -OCH3 is 2. The smallest absolute Gasteiger partial charge is 0.419 e. The molecule has 4 aromatic rings. The number of rotatable bonds is 14. The summed E-state index contributed by atoms with van der Waals surface area (Å²) >= 11 is 24.9. The molecule has 0 radical (unpaired) electrons. The maximum absolute atomic E-state index is 13.7. The summed E-state index contributed by atoms with van der Waals surface area (Å²) in [6.45, 7) is 4.48. The fraction of sp³-hybridized carbons (Fsp3) is 0.525. The number of alkyl halides is 9. The molecule has 84 heavy (non-hydrogen) atoms. The van der Waals surface area contributed by atoms with Gasteiger partial charge in [0.05, 0.1) is 63.9 Å². The highest BCUT2D eigenvalue weighted by atomic mass is 35.5. The maximum atomic E-state index is 13.7. The van der Waals surface area contributed by atoms with Gasteiger partial charge in [0.2, 0.25) is 11.8 Å². The monoisotopic (exact) mass is 1260 g/mol. The first-order chi connectivity index (χ1) is 39.5. The lowest BCUT2D eigenvalue weighted by atomic mass is 9.93. The van der Waals surface area contributed by atoms with Gasteiger partial charge in [0.15, 0.2) is 0 Å². The first-order valence-corrected chi connectivity index (χ1v) is 29.1. The number of hydrogen-bond donors (Lipinski definition) is 0. The van der Waals surface area contributed by atoms with Crippen molar-refractivity contribution >= 4 is 70.0 Å². The molecule has 0 aromatic heterocycles. The summed E-state index contributed by atoms with van der Waals surface area (Å²) in [4.78, 5) is 64.7. The summed E-state index contributed by atoms with van der Waals surface area (Å²) in [6.07, 6.45) is -9.61. The number of benzene rings is 4. The molecule has 458 valence electrons. The van der Waals surface area contributed by atoms with E-state index in [0.717, 1.165) is 82.4 Å². The Kier molecular flexibility index (Phi) is 20.7. The highest BCUT2D eigenvalue weighted by Crippen LogP contribution is 2.42. The summed E-state index contributed by atoms with van der Waals surface area (Å²) < 4.78 is 130. The average molecular weight is 1270 g/mol. The standard InChI is InChI=1S/C30H34Cl2F3N3O3.C29H31Cl2F6N3O3/c1-36(28(39)21-6-8-27(41-2)23(13-21)30(33,34)35)26-17-38(16-22(26)20-5-7-24(31)25(32)14-20)29(40)19-9-11-37(12-10-19)15-18-3-4-18;1-38(26(41)19-4-6-25(43-2)21(13-19)29(35,36)37)24-16-40(15-20(24)18-3-5-22(30)23(31)14-18)27(42)17-7-10-39(11-8-17)12-9-28(32,33)34/h5-8,13-14,18-19,22,26H,3-4,9-12,15-17H2,1-2H3;3-6,13-14,17,20,24H,7-12,15-16H2,1-2H3. The number of likely N-dealkylation sites (N-methyl/N-ethyl adjacent to an activating group) is 2. The Morgan fingerprint density at radius 2 is 0.917 bits per heavy atom. The molecule has 1 saturated carbocycles. The fourth-order valence-electron chi connectivity index (χ4n) is 11.9. The molecule has 0 spiro atoms. The second-order valence-electron chi connectivity index (χ2n) is 22.3. The van der Waals surface area contributed by atoms with Gasteiger partial charge < -0.3 is 38.9 Å². The van der Waals surface area contributed by atoms with Crippen molar-refractivity contribution in [3.8, 4) is 11.5 Å². The van der Waals surface area contributed by atoms with Crippen LogP contribution in [0.1, 0.15) is 99.8 Å². The Morgan fingerprint density at radius 1 is 0.524 bits per heavy atom. The number of halogens is 13. The van der Waals surface area contributed by atoms with E-state index in [1.165, 1.54) is 41.8 Å². The quantitative estimate of drug-likeness (QED) is 0.115. The van der Waals surface area contributed by atoms with Crippen LogP contribution in [0, 0.1) is 17.8 Å². The normalized spacial score (nSPS) is 21.2. The van der Waals surface area contributed by atoms with E-state index in [1.807, 2.05) is 6.07 Å². The number of carbonyl (C=O) groups is 4. The number of carbonyl (C=O) groups excluding carboxylic acids is 4. The molecule has 4 aliphatic heterocycles. The van der Waals surface area contributed by atoms with Crippen molar-refractivity contribution in [1.82, 2.24) is 29.4 Å². The van der Waals surface area contributed by atoms with Crippen LogP contribution in [-0.2, 0) is 21.9 Å². The molecule has 0 N–H and O–H groups in total. The highest BCUT2D eigenvalue weighted by molar-refractivity contribution is 6.42. The molecule has 12 nitrogen and oxygen atoms in total. The van der Waals surface area contributed by atoms with Gasteiger partial charge in [0.1, 0.15) is 11.5 Å². The molecule has 9 rings (SSSR count). The van der Waals surface area contributed by atoms with Crippen molar-refractivity contribution in [1.29, 1.82) is 0 Å². The van der Waals surface area contributed by atoms with E-state index in [9.17, 15) is 58.7 Å². The van der Waals surface area contributed by atoms with Crippen LogP contribution in [-0.4, -0.2) is 165 Å². The third-order valence-electron chi connectivity index (χ3n) is 16.9. The van der Waals surface area contributed by atoms with Crippen LogP contribution in [0.5, 0.6) is 11.5 Å². The van der Waals surface area contributed by atoms with Gasteiger partial charge in [-0.3, -0.25) is 19.2 Å². The van der Waals surface area contributed by atoms with E-state index in [0.29, 0.717) is 53.1 Å².